The van der Waals surface area contributed by atoms with E-state index in [2.05, 4.69) is 21.9 Å². The van der Waals surface area contributed by atoms with E-state index in [-0.39, 0.29) is 6.10 Å². The number of likely N-dealkylation sites (tertiary alicyclic amines) is 1. The molecule has 0 N–H and O–H groups in total. The Balaban J connectivity index is 1.96. The molecule has 1 aromatic heterocycles. The van der Waals surface area contributed by atoms with E-state index in [9.17, 15) is 0 Å². The van der Waals surface area contributed by atoms with Crippen LogP contribution in [0.5, 0.6) is 5.88 Å². The molecule has 16 heavy (non-hydrogen) atoms. The van der Waals surface area contributed by atoms with Crippen molar-refractivity contribution in [3.8, 4) is 5.88 Å². The molecule has 0 aliphatic carbocycles. The topological polar surface area (TPSA) is 38.2 Å². The van der Waals surface area contributed by atoms with E-state index in [1.54, 1.807) is 6.20 Å². The second-order valence-corrected chi connectivity index (χ2v) is 4.56. The Bertz CT molecular complexity index is 364. The van der Waals surface area contributed by atoms with Gasteiger partial charge in [-0.1, -0.05) is 11.6 Å². The molecule has 1 fully saturated rings. The van der Waals surface area contributed by atoms with Gasteiger partial charge >= 0.3 is 0 Å². The number of ether oxygens (including phenoxy) is 1. The van der Waals surface area contributed by atoms with Crippen molar-refractivity contribution in [1.82, 2.24) is 14.9 Å². The number of aryl methyl sites for hydroxylation is 1. The van der Waals surface area contributed by atoms with Crippen molar-refractivity contribution in [3.63, 3.8) is 0 Å². The molecule has 1 aromatic rings. The third-order valence-electron chi connectivity index (χ3n) is 2.83. The van der Waals surface area contributed by atoms with Gasteiger partial charge in [0.15, 0.2) is 5.15 Å². The summed E-state index contributed by atoms with van der Waals surface area (Å²) in [7, 11) is 2.12. The molecule has 4 nitrogen and oxygen atoms in total. The highest BCUT2D eigenvalue weighted by Gasteiger charge is 2.18. The SMILES string of the molecule is Cc1ncc(OC2CCN(C)CC2)nc1Cl. The van der Waals surface area contributed by atoms with Crippen molar-refractivity contribution in [2.75, 3.05) is 20.1 Å². The molecule has 0 saturated carbocycles. The van der Waals surface area contributed by atoms with E-state index < -0.39 is 0 Å². The summed E-state index contributed by atoms with van der Waals surface area (Å²) >= 11 is 5.89. The maximum absolute atomic E-state index is 5.89. The third kappa shape index (κ3) is 2.83. The summed E-state index contributed by atoms with van der Waals surface area (Å²) in [5.41, 5.74) is 0.734. The quantitative estimate of drug-likeness (QED) is 0.793. The Labute approximate surface area is 101 Å². The Hall–Kier alpha value is -0.870. The van der Waals surface area contributed by atoms with Gasteiger partial charge in [-0.05, 0) is 26.8 Å². The molecule has 5 heteroatoms. The highest BCUT2D eigenvalue weighted by atomic mass is 35.5. The number of nitrogens with zero attached hydrogens (tertiary/aromatic N) is 3. The van der Waals surface area contributed by atoms with Crippen LogP contribution in [0.25, 0.3) is 0 Å². The fourth-order valence-corrected chi connectivity index (χ4v) is 1.87. The van der Waals surface area contributed by atoms with Crippen molar-refractivity contribution in [2.45, 2.75) is 25.9 Å². The van der Waals surface area contributed by atoms with Crippen LogP contribution in [0.3, 0.4) is 0 Å². The number of piperidine rings is 1. The monoisotopic (exact) mass is 241 g/mol. The first-order chi connectivity index (χ1) is 7.65. The highest BCUT2D eigenvalue weighted by molar-refractivity contribution is 6.30. The fraction of sp³-hybridized carbons (Fsp3) is 0.636. The van der Waals surface area contributed by atoms with Crippen LogP contribution in [0.1, 0.15) is 18.5 Å². The van der Waals surface area contributed by atoms with Gasteiger partial charge in [-0.3, -0.25) is 4.98 Å². The van der Waals surface area contributed by atoms with Gasteiger partial charge in [0.1, 0.15) is 6.10 Å². The number of hydrogen-bond donors (Lipinski definition) is 0. The van der Waals surface area contributed by atoms with E-state index in [0.29, 0.717) is 11.0 Å². The average molecular weight is 242 g/mol. The Morgan fingerprint density at radius 3 is 2.75 bits per heavy atom. The second kappa shape index (κ2) is 4.97. The van der Waals surface area contributed by atoms with E-state index >= 15 is 0 Å². The molecule has 1 aliphatic rings. The lowest BCUT2D eigenvalue weighted by Crippen LogP contribution is -2.35. The lowest BCUT2D eigenvalue weighted by molar-refractivity contribution is 0.109. The first kappa shape index (κ1) is 11.6. The molecular weight excluding hydrogens is 226 g/mol. The smallest absolute Gasteiger partial charge is 0.234 e. The molecule has 1 aliphatic heterocycles. The van der Waals surface area contributed by atoms with Crippen LogP contribution in [0.15, 0.2) is 6.20 Å². The van der Waals surface area contributed by atoms with Gasteiger partial charge in [-0.2, -0.15) is 4.98 Å². The predicted octanol–water partition coefficient (Wildman–Crippen LogP) is 1.91. The summed E-state index contributed by atoms with van der Waals surface area (Å²) in [6.07, 6.45) is 3.94. The van der Waals surface area contributed by atoms with Crippen molar-refractivity contribution in [2.24, 2.45) is 0 Å². The summed E-state index contributed by atoms with van der Waals surface area (Å²) in [5, 5.41) is 0.422. The molecular formula is C11H16ClN3O. The Morgan fingerprint density at radius 2 is 2.12 bits per heavy atom. The Morgan fingerprint density at radius 1 is 1.44 bits per heavy atom. The standard InChI is InChI=1S/C11H16ClN3O/c1-8-11(12)14-10(7-13-8)16-9-3-5-15(2)6-4-9/h7,9H,3-6H2,1-2H3. The highest BCUT2D eigenvalue weighted by Crippen LogP contribution is 2.18. The lowest BCUT2D eigenvalue weighted by atomic mass is 10.1. The van der Waals surface area contributed by atoms with Gasteiger partial charge < -0.3 is 9.64 Å². The first-order valence-electron chi connectivity index (χ1n) is 5.49. The summed E-state index contributed by atoms with van der Waals surface area (Å²) in [6, 6.07) is 0. The molecule has 2 rings (SSSR count). The van der Waals surface area contributed by atoms with Gasteiger partial charge in [0.25, 0.3) is 0 Å². The molecule has 0 unspecified atom stereocenters. The van der Waals surface area contributed by atoms with Crippen LogP contribution in [-0.4, -0.2) is 41.1 Å². The minimum atomic E-state index is 0.240. The van der Waals surface area contributed by atoms with Gasteiger partial charge in [0.2, 0.25) is 5.88 Å². The fourth-order valence-electron chi connectivity index (χ4n) is 1.74. The zero-order chi connectivity index (χ0) is 11.5. The van der Waals surface area contributed by atoms with Gasteiger partial charge in [0.05, 0.1) is 11.9 Å². The molecule has 0 amide bonds. The third-order valence-corrected chi connectivity index (χ3v) is 3.19. The minimum Gasteiger partial charge on any atom is -0.473 e. The van der Waals surface area contributed by atoms with Crippen LogP contribution in [0.4, 0.5) is 0 Å². The van der Waals surface area contributed by atoms with Crippen molar-refractivity contribution >= 4 is 11.6 Å². The largest absolute Gasteiger partial charge is 0.473 e. The average Bonchev–Trinajstić information content (AvgIpc) is 2.27. The molecule has 2 heterocycles. The molecule has 88 valence electrons. The van der Waals surface area contributed by atoms with Crippen LogP contribution in [0, 0.1) is 6.92 Å². The minimum absolute atomic E-state index is 0.240. The number of aromatic nitrogens is 2. The summed E-state index contributed by atoms with van der Waals surface area (Å²) in [5.74, 6) is 0.533. The number of halogens is 1. The molecule has 0 atom stereocenters. The molecule has 0 radical (unpaired) electrons. The van der Waals surface area contributed by atoms with Gasteiger partial charge in [-0.15, -0.1) is 0 Å². The van der Waals surface area contributed by atoms with E-state index in [0.717, 1.165) is 31.6 Å². The molecule has 0 bridgehead atoms. The number of hydrogen-bond acceptors (Lipinski definition) is 4. The summed E-state index contributed by atoms with van der Waals surface area (Å²) in [4.78, 5) is 10.6. The van der Waals surface area contributed by atoms with Gasteiger partial charge in [0, 0.05) is 13.1 Å². The van der Waals surface area contributed by atoms with E-state index in [1.165, 1.54) is 0 Å². The second-order valence-electron chi connectivity index (χ2n) is 4.20. The molecule has 1 saturated heterocycles. The lowest BCUT2D eigenvalue weighted by Gasteiger charge is -2.28. The Kier molecular flexibility index (Phi) is 3.61. The number of rotatable bonds is 2. The zero-order valence-electron chi connectivity index (χ0n) is 9.61. The first-order valence-corrected chi connectivity index (χ1v) is 5.87. The van der Waals surface area contributed by atoms with Crippen LogP contribution < -0.4 is 4.74 Å². The predicted molar refractivity (Wildman–Crippen MR) is 62.9 cm³/mol. The maximum Gasteiger partial charge on any atom is 0.234 e. The normalized spacial score (nSPS) is 18.7. The van der Waals surface area contributed by atoms with Crippen LogP contribution in [-0.2, 0) is 0 Å². The van der Waals surface area contributed by atoms with Crippen molar-refractivity contribution in [1.29, 1.82) is 0 Å². The summed E-state index contributed by atoms with van der Waals surface area (Å²) < 4.78 is 5.75. The van der Waals surface area contributed by atoms with Gasteiger partial charge in [-0.25, -0.2) is 0 Å². The van der Waals surface area contributed by atoms with Crippen LogP contribution >= 0.6 is 11.6 Å². The van der Waals surface area contributed by atoms with Crippen LogP contribution in [0.2, 0.25) is 5.15 Å². The van der Waals surface area contributed by atoms with Crippen molar-refractivity contribution < 1.29 is 4.74 Å². The summed E-state index contributed by atoms with van der Waals surface area (Å²) in [6.45, 7) is 3.96. The maximum atomic E-state index is 5.89. The zero-order valence-corrected chi connectivity index (χ0v) is 10.4. The van der Waals surface area contributed by atoms with E-state index in [4.69, 9.17) is 16.3 Å². The van der Waals surface area contributed by atoms with Crippen molar-refractivity contribution in [3.05, 3.63) is 17.0 Å². The van der Waals surface area contributed by atoms with E-state index in [1.807, 2.05) is 6.92 Å². The molecule has 0 aromatic carbocycles. The molecule has 0 spiro atoms.